The molecule has 1 aromatic carbocycles. The number of ether oxygens (including phenoxy) is 2. The van der Waals surface area contributed by atoms with Gasteiger partial charge in [0.15, 0.2) is 0 Å². The van der Waals surface area contributed by atoms with E-state index >= 15 is 0 Å². The molecule has 7 nitrogen and oxygen atoms in total. The molecule has 1 saturated heterocycles. The van der Waals surface area contributed by atoms with Crippen molar-refractivity contribution >= 4 is 27.8 Å². The second-order valence-electron chi connectivity index (χ2n) is 8.65. The highest BCUT2D eigenvalue weighted by Crippen LogP contribution is 2.36. The van der Waals surface area contributed by atoms with Gasteiger partial charge in [-0.2, -0.15) is 8.42 Å². The van der Waals surface area contributed by atoms with Crippen LogP contribution >= 0.6 is 11.6 Å². The van der Waals surface area contributed by atoms with Crippen LogP contribution in [0.4, 0.5) is 4.79 Å². The number of likely N-dealkylation sites (tertiary alicyclic amines) is 1. The van der Waals surface area contributed by atoms with Crippen molar-refractivity contribution in [1.29, 1.82) is 0 Å². The first kappa shape index (κ1) is 24.9. The van der Waals surface area contributed by atoms with Crippen LogP contribution in [0.5, 0.6) is 0 Å². The van der Waals surface area contributed by atoms with Crippen LogP contribution in [-0.4, -0.2) is 57.6 Å². The zero-order valence-electron chi connectivity index (χ0n) is 18.3. The van der Waals surface area contributed by atoms with Crippen LogP contribution in [0.25, 0.3) is 0 Å². The molecule has 1 amide bonds. The predicted octanol–water partition coefficient (Wildman–Crippen LogP) is 4.33. The summed E-state index contributed by atoms with van der Waals surface area (Å²) in [6.07, 6.45) is 2.00. The lowest BCUT2D eigenvalue weighted by atomic mass is 9.86. The molecule has 1 aliphatic heterocycles. The molecule has 0 bridgehead atoms. The number of halogens is 1. The highest BCUT2D eigenvalue weighted by molar-refractivity contribution is 7.85. The Labute approximate surface area is 184 Å². The van der Waals surface area contributed by atoms with Crippen molar-refractivity contribution in [1.82, 2.24) is 4.90 Å². The van der Waals surface area contributed by atoms with E-state index in [0.717, 1.165) is 30.2 Å². The van der Waals surface area contributed by atoms with Gasteiger partial charge in [0.2, 0.25) is 0 Å². The summed E-state index contributed by atoms with van der Waals surface area (Å²) < 4.78 is 38.9. The minimum atomic E-state index is -3.53. The van der Waals surface area contributed by atoms with E-state index in [1.165, 1.54) is 0 Å². The number of hydrogen-bond donors (Lipinski definition) is 0. The monoisotopic (exact) mass is 461 g/mol. The Morgan fingerprint density at radius 3 is 2.63 bits per heavy atom. The summed E-state index contributed by atoms with van der Waals surface area (Å²) in [6.45, 7) is 8.65. The van der Waals surface area contributed by atoms with Gasteiger partial charge in [0.1, 0.15) is 5.60 Å². The number of piperidine rings is 1. The maximum Gasteiger partial charge on any atom is 0.410 e. The van der Waals surface area contributed by atoms with Gasteiger partial charge in [-0.15, -0.1) is 0 Å². The number of hydrogen-bond acceptors (Lipinski definition) is 6. The maximum atomic E-state index is 12.6. The minimum absolute atomic E-state index is 0.0154. The Kier molecular flexibility index (Phi) is 8.56. The molecule has 1 aliphatic rings. The lowest BCUT2D eigenvalue weighted by molar-refractivity contribution is -0.0325. The fourth-order valence-electron chi connectivity index (χ4n) is 3.51. The lowest BCUT2D eigenvalue weighted by Gasteiger charge is -2.38. The third-order valence-electron chi connectivity index (χ3n) is 4.76. The summed E-state index contributed by atoms with van der Waals surface area (Å²) in [4.78, 5) is 14.3. The molecule has 0 spiro atoms. The highest BCUT2D eigenvalue weighted by atomic mass is 35.5. The zero-order valence-corrected chi connectivity index (χ0v) is 19.9. The van der Waals surface area contributed by atoms with Crippen LogP contribution < -0.4 is 0 Å². The summed E-state index contributed by atoms with van der Waals surface area (Å²) in [5.41, 5.74) is 1.38. The molecule has 170 valence electrons. The first-order valence-corrected chi connectivity index (χ1v) is 12.2. The molecular weight excluding hydrogens is 430 g/mol. The number of carbonyl (C=O) groups is 1. The van der Waals surface area contributed by atoms with Crippen molar-refractivity contribution in [2.75, 3.05) is 32.6 Å². The van der Waals surface area contributed by atoms with Gasteiger partial charge in [-0.05, 0) is 63.8 Å². The third kappa shape index (κ3) is 8.06. The van der Waals surface area contributed by atoms with Crippen molar-refractivity contribution in [3.8, 4) is 0 Å². The predicted molar refractivity (Wildman–Crippen MR) is 116 cm³/mol. The van der Waals surface area contributed by atoms with Gasteiger partial charge in [0, 0.05) is 24.0 Å². The number of benzene rings is 1. The molecular formula is C21H32ClNO6S. The van der Waals surface area contributed by atoms with Crippen LogP contribution in [0, 0.1) is 12.8 Å². The van der Waals surface area contributed by atoms with Gasteiger partial charge in [0.25, 0.3) is 10.1 Å². The lowest BCUT2D eigenvalue weighted by Crippen LogP contribution is -2.44. The van der Waals surface area contributed by atoms with Gasteiger partial charge in [-0.25, -0.2) is 4.79 Å². The highest BCUT2D eigenvalue weighted by Gasteiger charge is 2.33. The second kappa shape index (κ2) is 10.3. The van der Waals surface area contributed by atoms with Crippen LogP contribution in [0.15, 0.2) is 18.2 Å². The van der Waals surface area contributed by atoms with E-state index in [9.17, 15) is 13.2 Å². The maximum absolute atomic E-state index is 12.6. The summed E-state index contributed by atoms with van der Waals surface area (Å²) in [6, 6.07) is 5.61. The molecule has 0 aliphatic carbocycles. The Hall–Kier alpha value is -1.35. The largest absolute Gasteiger partial charge is 0.444 e. The van der Waals surface area contributed by atoms with E-state index < -0.39 is 15.7 Å². The number of nitrogens with zero attached hydrogens (tertiary/aromatic N) is 1. The van der Waals surface area contributed by atoms with Crippen LogP contribution in [0.3, 0.4) is 0 Å². The van der Waals surface area contributed by atoms with Crippen LogP contribution in [-0.2, 0) is 23.8 Å². The Balaban J connectivity index is 2.18. The molecule has 0 radical (unpaired) electrons. The molecule has 1 fully saturated rings. The normalized spacial score (nSPS) is 18.9. The topological polar surface area (TPSA) is 82.1 Å². The molecule has 0 saturated carbocycles. The molecule has 2 rings (SSSR count). The van der Waals surface area contributed by atoms with Gasteiger partial charge < -0.3 is 14.4 Å². The van der Waals surface area contributed by atoms with Crippen LogP contribution in [0.2, 0.25) is 5.02 Å². The Morgan fingerprint density at radius 1 is 1.30 bits per heavy atom. The van der Waals surface area contributed by atoms with Gasteiger partial charge in [-0.1, -0.05) is 17.7 Å². The van der Waals surface area contributed by atoms with E-state index in [1.54, 1.807) is 4.90 Å². The van der Waals surface area contributed by atoms with Gasteiger partial charge >= 0.3 is 6.09 Å². The van der Waals surface area contributed by atoms with Crippen molar-refractivity contribution < 1.29 is 26.9 Å². The zero-order chi connectivity index (χ0) is 22.5. The van der Waals surface area contributed by atoms with E-state index in [-0.39, 0.29) is 31.3 Å². The Bertz CT molecular complexity index is 836. The van der Waals surface area contributed by atoms with Gasteiger partial charge in [-0.3, -0.25) is 4.18 Å². The van der Waals surface area contributed by atoms with E-state index in [0.29, 0.717) is 18.1 Å². The smallest absolute Gasteiger partial charge is 0.410 e. The average molecular weight is 462 g/mol. The first-order valence-electron chi connectivity index (χ1n) is 10.1. The Morgan fingerprint density at radius 2 is 2.00 bits per heavy atom. The standard InChI is InChI=1S/C21H32ClNO6S/c1-15-8-9-17(22)13-18(15)19(27-11-12-28-30(5,25)26)16-7-6-10-23(14-16)20(24)29-21(2,3)4/h8-9,13,16,19H,6-7,10-12,14H2,1-5H3. The number of carbonyl (C=O) groups excluding carboxylic acids is 1. The van der Waals surface area contributed by atoms with E-state index in [2.05, 4.69) is 0 Å². The SMILES string of the molecule is Cc1ccc(Cl)cc1C(OCCOS(C)(=O)=O)C1CCCN(C(=O)OC(C)(C)C)C1. The van der Waals surface area contributed by atoms with Crippen molar-refractivity contribution in [3.63, 3.8) is 0 Å². The molecule has 1 aromatic rings. The molecule has 0 aromatic heterocycles. The quantitative estimate of drug-likeness (QED) is 0.444. The number of aryl methyl sites for hydroxylation is 1. The molecule has 2 unspecified atom stereocenters. The molecule has 1 heterocycles. The van der Waals surface area contributed by atoms with Crippen LogP contribution in [0.1, 0.15) is 50.8 Å². The fraction of sp³-hybridized carbons (Fsp3) is 0.667. The average Bonchev–Trinajstić information content (AvgIpc) is 2.62. The van der Waals surface area contributed by atoms with Crippen molar-refractivity contribution in [3.05, 3.63) is 34.3 Å². The molecule has 30 heavy (non-hydrogen) atoms. The molecule has 9 heteroatoms. The fourth-order valence-corrected chi connectivity index (χ4v) is 4.06. The van der Waals surface area contributed by atoms with Gasteiger partial charge in [0.05, 0.1) is 25.6 Å². The molecule has 0 N–H and O–H groups in total. The second-order valence-corrected chi connectivity index (χ2v) is 10.7. The first-order chi connectivity index (χ1) is 13.9. The van der Waals surface area contributed by atoms with E-state index in [4.69, 9.17) is 25.3 Å². The summed E-state index contributed by atoms with van der Waals surface area (Å²) >= 11 is 6.23. The molecule has 2 atom stereocenters. The van der Waals surface area contributed by atoms with Crippen molar-refractivity contribution in [2.24, 2.45) is 5.92 Å². The minimum Gasteiger partial charge on any atom is -0.444 e. The summed E-state index contributed by atoms with van der Waals surface area (Å²) in [5, 5.41) is 0.594. The summed E-state index contributed by atoms with van der Waals surface area (Å²) in [7, 11) is -3.53. The number of rotatable bonds is 7. The van der Waals surface area contributed by atoms with Crippen molar-refractivity contribution in [2.45, 2.75) is 52.2 Å². The number of amides is 1. The third-order valence-corrected chi connectivity index (χ3v) is 5.59. The summed E-state index contributed by atoms with van der Waals surface area (Å²) in [5.74, 6) is 0.0154. The van der Waals surface area contributed by atoms with E-state index in [1.807, 2.05) is 45.9 Å².